The fourth-order valence-corrected chi connectivity index (χ4v) is 10.5. The highest BCUT2D eigenvalue weighted by Crippen LogP contribution is 2.58. The molecule has 308 valence electrons. The van der Waals surface area contributed by atoms with Gasteiger partial charge < -0.3 is 13.9 Å². The van der Waals surface area contributed by atoms with Crippen LogP contribution in [0.2, 0.25) is 0 Å². The minimum atomic E-state index is -1.33. The van der Waals surface area contributed by atoms with E-state index < -0.39 is 5.60 Å². The van der Waals surface area contributed by atoms with Gasteiger partial charge in [-0.1, -0.05) is 237 Å². The van der Waals surface area contributed by atoms with Crippen LogP contribution in [0.25, 0.3) is 66.1 Å². The molecule has 3 heteroatoms. The molecule has 65 heavy (non-hydrogen) atoms. The van der Waals surface area contributed by atoms with Gasteiger partial charge in [-0.25, -0.2) is 0 Å². The zero-order valence-electron chi connectivity index (χ0n) is 35.4. The van der Waals surface area contributed by atoms with Crippen LogP contribution in [0.15, 0.2) is 258 Å². The lowest BCUT2D eigenvalue weighted by atomic mass is 9.68. The third kappa shape index (κ3) is 5.94. The average molecular weight is 835 g/mol. The van der Waals surface area contributed by atoms with E-state index >= 15 is 0 Å². The van der Waals surface area contributed by atoms with Crippen LogP contribution in [-0.4, -0.2) is 5.11 Å². The quantitative estimate of drug-likeness (QED) is 0.170. The van der Waals surface area contributed by atoms with E-state index in [4.69, 9.17) is 8.83 Å². The van der Waals surface area contributed by atoms with Crippen molar-refractivity contribution in [1.82, 2.24) is 0 Å². The third-order valence-corrected chi connectivity index (χ3v) is 13.4. The predicted molar refractivity (Wildman–Crippen MR) is 265 cm³/mol. The molecule has 0 atom stereocenters. The van der Waals surface area contributed by atoms with E-state index in [2.05, 4.69) is 146 Å². The Morgan fingerprint density at radius 3 is 1.38 bits per heavy atom. The van der Waals surface area contributed by atoms with Crippen LogP contribution in [0, 0.1) is 0 Å². The fraction of sp³-hybridized carbons (Fsp3) is 0.0323. The second-order valence-corrected chi connectivity index (χ2v) is 16.8. The minimum Gasteiger partial charge on any atom is -0.455 e. The molecule has 0 fully saturated rings. The maximum absolute atomic E-state index is 12.4. The van der Waals surface area contributed by atoms with Crippen molar-refractivity contribution in [2.75, 3.05) is 0 Å². The first-order chi connectivity index (χ1) is 32.2. The van der Waals surface area contributed by atoms with Gasteiger partial charge in [-0.15, -0.1) is 0 Å². The van der Waals surface area contributed by atoms with Crippen molar-refractivity contribution in [2.24, 2.45) is 0 Å². The highest BCUT2D eigenvalue weighted by atomic mass is 16.3. The van der Waals surface area contributed by atoms with E-state index in [1.165, 1.54) is 44.2 Å². The lowest BCUT2D eigenvalue weighted by molar-refractivity contribution is 0.126. The maximum Gasteiger partial charge on any atom is 0.143 e. The van der Waals surface area contributed by atoms with E-state index in [1.54, 1.807) is 0 Å². The highest BCUT2D eigenvalue weighted by Gasteiger charge is 2.47. The van der Waals surface area contributed by atoms with Gasteiger partial charge >= 0.3 is 0 Å². The van der Waals surface area contributed by atoms with Gasteiger partial charge in [0.1, 0.15) is 27.9 Å². The molecule has 1 N–H and O–H groups in total. The summed E-state index contributed by atoms with van der Waals surface area (Å²) >= 11 is 0. The van der Waals surface area contributed by atoms with Gasteiger partial charge in [-0.3, -0.25) is 0 Å². The maximum atomic E-state index is 12.4. The van der Waals surface area contributed by atoms with Gasteiger partial charge in [0.2, 0.25) is 0 Å². The first-order valence-corrected chi connectivity index (χ1v) is 22.1. The molecule has 2 aromatic heterocycles. The van der Waals surface area contributed by atoms with Crippen molar-refractivity contribution in [3.8, 4) is 22.3 Å². The SMILES string of the molecule is OC(c1ccccc1)(c1ccccc1)c1ccccc1-c1cccc2c1oc1ccccc12.c1ccc(C2(c3ccccc3)c3ccccc3-c3c2ccc2c3oc3ccccc32)cc1. The zero-order valence-corrected chi connectivity index (χ0v) is 35.4. The molecule has 0 spiro atoms. The van der Waals surface area contributed by atoms with E-state index in [9.17, 15) is 5.11 Å². The highest BCUT2D eigenvalue weighted by molar-refractivity contribution is 6.12. The molecule has 1 aliphatic rings. The van der Waals surface area contributed by atoms with Gasteiger partial charge in [-0.2, -0.15) is 0 Å². The summed E-state index contributed by atoms with van der Waals surface area (Å²) in [6.45, 7) is 0. The Labute approximate surface area is 377 Å². The Hall–Kier alpha value is -8.24. The van der Waals surface area contributed by atoms with Gasteiger partial charge in [0, 0.05) is 38.2 Å². The van der Waals surface area contributed by atoms with Crippen molar-refractivity contribution < 1.29 is 13.9 Å². The van der Waals surface area contributed by atoms with Gasteiger partial charge in [-0.05, 0) is 56.6 Å². The van der Waals surface area contributed by atoms with Crippen LogP contribution >= 0.6 is 0 Å². The first kappa shape index (κ1) is 38.4. The van der Waals surface area contributed by atoms with E-state index in [0.717, 1.165) is 60.9 Å². The van der Waals surface area contributed by atoms with Crippen LogP contribution in [-0.2, 0) is 11.0 Å². The molecule has 0 saturated heterocycles. The molecule has 2 heterocycles. The second-order valence-electron chi connectivity index (χ2n) is 16.8. The Morgan fingerprint density at radius 1 is 0.323 bits per heavy atom. The molecule has 0 amide bonds. The normalized spacial score (nSPS) is 12.8. The van der Waals surface area contributed by atoms with Crippen LogP contribution in [0.3, 0.4) is 0 Å². The molecule has 0 unspecified atom stereocenters. The molecular formula is C62H42O3. The monoisotopic (exact) mass is 834 g/mol. The lowest BCUT2D eigenvalue weighted by Gasteiger charge is -2.33. The van der Waals surface area contributed by atoms with Crippen LogP contribution in [0.4, 0.5) is 0 Å². The fourth-order valence-electron chi connectivity index (χ4n) is 10.5. The van der Waals surface area contributed by atoms with Gasteiger partial charge in [0.25, 0.3) is 0 Å². The lowest BCUT2D eigenvalue weighted by Crippen LogP contribution is -2.29. The topological polar surface area (TPSA) is 46.5 Å². The third-order valence-electron chi connectivity index (χ3n) is 13.4. The summed E-state index contributed by atoms with van der Waals surface area (Å²) in [5.41, 5.74) is 13.8. The molecule has 0 saturated carbocycles. The number of furan rings is 2. The van der Waals surface area contributed by atoms with Crippen molar-refractivity contribution in [3.63, 3.8) is 0 Å². The molecule has 0 aliphatic heterocycles. The summed E-state index contributed by atoms with van der Waals surface area (Å²) in [5.74, 6) is 0. The number of hydrogen-bond donors (Lipinski definition) is 1. The summed E-state index contributed by atoms with van der Waals surface area (Å²) in [7, 11) is 0. The smallest absolute Gasteiger partial charge is 0.143 e. The zero-order chi connectivity index (χ0) is 43.4. The number of aliphatic hydroxyl groups is 1. The van der Waals surface area contributed by atoms with Crippen molar-refractivity contribution >= 4 is 43.9 Å². The summed E-state index contributed by atoms with van der Waals surface area (Å²) in [6.07, 6.45) is 0. The van der Waals surface area contributed by atoms with E-state index in [0.29, 0.717) is 0 Å². The number of benzene rings is 10. The number of rotatable bonds is 6. The number of para-hydroxylation sites is 3. The molecule has 0 radical (unpaired) electrons. The number of fused-ring (bicyclic) bond motifs is 10. The first-order valence-electron chi connectivity index (χ1n) is 22.1. The summed E-state index contributed by atoms with van der Waals surface area (Å²) < 4.78 is 12.9. The van der Waals surface area contributed by atoms with Gasteiger partial charge in [0.05, 0.1) is 5.41 Å². The Morgan fingerprint density at radius 2 is 0.769 bits per heavy atom. The Balaban J connectivity index is 0.000000137. The number of hydrogen-bond acceptors (Lipinski definition) is 3. The Kier molecular flexibility index (Phi) is 9.18. The van der Waals surface area contributed by atoms with Crippen LogP contribution in [0.1, 0.15) is 38.9 Å². The van der Waals surface area contributed by atoms with E-state index in [1.807, 2.05) is 103 Å². The summed E-state index contributed by atoms with van der Waals surface area (Å²) in [5, 5.41) is 16.9. The molecular weight excluding hydrogens is 793 g/mol. The Bertz CT molecular complexity index is 3580. The predicted octanol–water partition coefficient (Wildman–Crippen LogP) is 15.5. The second kappa shape index (κ2) is 15.5. The van der Waals surface area contributed by atoms with Crippen molar-refractivity contribution in [2.45, 2.75) is 11.0 Å². The minimum absolute atomic E-state index is 0.387. The van der Waals surface area contributed by atoms with E-state index in [-0.39, 0.29) is 5.41 Å². The molecule has 0 bridgehead atoms. The largest absolute Gasteiger partial charge is 0.455 e. The summed E-state index contributed by atoms with van der Waals surface area (Å²) in [6, 6.07) is 85.5. The molecule has 12 aromatic rings. The van der Waals surface area contributed by atoms with Crippen LogP contribution in [0.5, 0.6) is 0 Å². The van der Waals surface area contributed by atoms with Crippen LogP contribution < -0.4 is 0 Å². The standard InChI is InChI=1S/C31H22O2.C31H20O/c32-31(22-12-3-1-4-13-22,23-14-5-2-6-15-23)28-20-9-7-16-24(28)26-18-11-19-27-25-17-8-10-21-29(25)33-30(26)27;1-3-11-21(12-4-1)31(22-13-5-2-6-14-22)26-17-9-7-16-25(26)29-27(31)20-19-24-23-15-8-10-18-28(23)32-30(24)29/h1-21,32H;1-20H. The van der Waals surface area contributed by atoms with Crippen molar-refractivity contribution in [3.05, 3.63) is 288 Å². The summed E-state index contributed by atoms with van der Waals surface area (Å²) in [4.78, 5) is 0. The molecule has 10 aromatic carbocycles. The molecule has 1 aliphatic carbocycles. The van der Waals surface area contributed by atoms with Crippen molar-refractivity contribution in [1.29, 1.82) is 0 Å². The molecule has 13 rings (SSSR count). The van der Waals surface area contributed by atoms with Gasteiger partial charge in [0.15, 0.2) is 0 Å². The molecule has 3 nitrogen and oxygen atoms in total. The average Bonchev–Trinajstić information content (AvgIpc) is 4.06.